The van der Waals surface area contributed by atoms with Gasteiger partial charge in [-0.05, 0) is 26.7 Å². The molecule has 2 rings (SSSR count). The summed E-state index contributed by atoms with van der Waals surface area (Å²) in [6.07, 6.45) is 2.93. The molecule has 2 heterocycles. The quantitative estimate of drug-likeness (QED) is 0.765. The molecule has 2 aromatic rings. The maximum Gasteiger partial charge on any atom is 0.243 e. The summed E-state index contributed by atoms with van der Waals surface area (Å²) >= 11 is 1.46. The Kier molecular flexibility index (Phi) is 6.11. The van der Waals surface area contributed by atoms with Crippen LogP contribution in [0.1, 0.15) is 43.2 Å². The molecule has 0 bridgehead atoms. The fraction of sp³-hybridized carbons (Fsp3) is 0.533. The summed E-state index contributed by atoms with van der Waals surface area (Å²) in [7, 11) is -3.66. The first-order valence-corrected chi connectivity index (χ1v) is 10.3. The van der Waals surface area contributed by atoms with Crippen LogP contribution in [-0.2, 0) is 26.8 Å². The third kappa shape index (κ3) is 4.88. The third-order valence-electron chi connectivity index (χ3n) is 3.48. The number of nitrogens with zero attached hydrogens (tertiary/aromatic N) is 2. The standard InChI is InChI=1S/C15H21N3O4S2/c1-4-5-6-14-16-12(8-23-14)9-24(20,21)11(3)15(19)17-13-7-10(2)22-18-13/h7-8,11H,4-6,9H2,1-3H3,(H,17,18,19). The molecule has 0 aromatic carbocycles. The van der Waals surface area contributed by atoms with E-state index < -0.39 is 21.0 Å². The SMILES string of the molecule is CCCCc1nc(CS(=O)(=O)C(C)C(=O)Nc2cc(C)on2)cs1. The van der Waals surface area contributed by atoms with Crippen LogP contribution in [0.3, 0.4) is 0 Å². The maximum absolute atomic E-state index is 12.4. The fourth-order valence-corrected chi connectivity index (χ4v) is 4.15. The van der Waals surface area contributed by atoms with Gasteiger partial charge in [0, 0.05) is 11.4 Å². The first-order valence-electron chi connectivity index (χ1n) is 7.71. The predicted octanol–water partition coefficient (Wildman–Crippen LogP) is 2.72. The highest BCUT2D eigenvalue weighted by Gasteiger charge is 2.29. The Hall–Kier alpha value is -1.74. The zero-order valence-electron chi connectivity index (χ0n) is 13.9. The summed E-state index contributed by atoms with van der Waals surface area (Å²) in [4.78, 5) is 16.5. The van der Waals surface area contributed by atoms with Gasteiger partial charge in [0.15, 0.2) is 15.7 Å². The van der Waals surface area contributed by atoms with E-state index in [1.54, 1.807) is 12.3 Å². The van der Waals surface area contributed by atoms with Crippen molar-refractivity contribution in [2.45, 2.75) is 51.0 Å². The van der Waals surface area contributed by atoms with Gasteiger partial charge in [0.05, 0.1) is 16.5 Å². The number of thiazole rings is 1. The zero-order chi connectivity index (χ0) is 17.7. The number of rotatable bonds is 8. The lowest BCUT2D eigenvalue weighted by Crippen LogP contribution is -2.33. The Labute approximate surface area is 145 Å². The van der Waals surface area contributed by atoms with Gasteiger partial charge in [-0.2, -0.15) is 0 Å². The minimum absolute atomic E-state index is 0.204. The predicted molar refractivity (Wildman–Crippen MR) is 92.7 cm³/mol. The lowest BCUT2D eigenvalue weighted by molar-refractivity contribution is -0.115. The van der Waals surface area contributed by atoms with E-state index in [-0.39, 0.29) is 11.6 Å². The molecule has 0 spiro atoms. The zero-order valence-corrected chi connectivity index (χ0v) is 15.5. The normalized spacial score (nSPS) is 13.0. The van der Waals surface area contributed by atoms with Gasteiger partial charge in [-0.1, -0.05) is 18.5 Å². The van der Waals surface area contributed by atoms with E-state index in [0.29, 0.717) is 11.5 Å². The van der Waals surface area contributed by atoms with Crippen LogP contribution in [0.2, 0.25) is 0 Å². The highest BCUT2D eigenvalue weighted by atomic mass is 32.2. The van der Waals surface area contributed by atoms with Gasteiger partial charge in [0.2, 0.25) is 5.91 Å². The summed E-state index contributed by atoms with van der Waals surface area (Å²) in [5.41, 5.74) is 0.489. The van der Waals surface area contributed by atoms with Crippen LogP contribution < -0.4 is 5.32 Å². The van der Waals surface area contributed by atoms with Gasteiger partial charge in [-0.25, -0.2) is 13.4 Å². The Morgan fingerprint density at radius 3 is 2.83 bits per heavy atom. The van der Waals surface area contributed by atoms with E-state index in [1.807, 2.05) is 0 Å². The minimum Gasteiger partial charge on any atom is -0.360 e. The average molecular weight is 371 g/mol. The number of aryl methyl sites for hydroxylation is 2. The maximum atomic E-state index is 12.4. The Morgan fingerprint density at radius 2 is 2.21 bits per heavy atom. The Morgan fingerprint density at radius 1 is 1.46 bits per heavy atom. The van der Waals surface area contributed by atoms with E-state index in [1.165, 1.54) is 24.3 Å². The summed E-state index contributed by atoms with van der Waals surface area (Å²) in [5, 5.41) is 7.54. The molecule has 0 aliphatic carbocycles. The van der Waals surface area contributed by atoms with Crippen molar-refractivity contribution in [2.75, 3.05) is 5.32 Å². The number of carbonyl (C=O) groups is 1. The molecule has 0 saturated heterocycles. The van der Waals surface area contributed by atoms with Crippen LogP contribution in [0.5, 0.6) is 0 Å². The molecule has 7 nitrogen and oxygen atoms in total. The van der Waals surface area contributed by atoms with E-state index in [0.717, 1.165) is 24.3 Å². The van der Waals surface area contributed by atoms with Crippen molar-refractivity contribution < 1.29 is 17.7 Å². The monoisotopic (exact) mass is 371 g/mol. The number of aromatic nitrogens is 2. The van der Waals surface area contributed by atoms with Crippen molar-refractivity contribution in [1.29, 1.82) is 0 Å². The van der Waals surface area contributed by atoms with Gasteiger partial charge in [0.25, 0.3) is 0 Å². The molecule has 24 heavy (non-hydrogen) atoms. The van der Waals surface area contributed by atoms with Gasteiger partial charge in [-0.15, -0.1) is 11.3 Å². The van der Waals surface area contributed by atoms with Gasteiger partial charge in [0.1, 0.15) is 11.0 Å². The van der Waals surface area contributed by atoms with Crippen LogP contribution >= 0.6 is 11.3 Å². The van der Waals surface area contributed by atoms with Gasteiger partial charge < -0.3 is 9.84 Å². The molecular weight excluding hydrogens is 350 g/mol. The lowest BCUT2D eigenvalue weighted by Gasteiger charge is -2.11. The third-order valence-corrected chi connectivity index (χ3v) is 6.43. The van der Waals surface area contributed by atoms with Crippen molar-refractivity contribution in [3.05, 3.63) is 27.9 Å². The van der Waals surface area contributed by atoms with Crippen LogP contribution in [0.4, 0.5) is 5.82 Å². The second-order valence-electron chi connectivity index (χ2n) is 5.60. The number of sulfone groups is 1. The molecule has 1 N–H and O–H groups in total. The minimum atomic E-state index is -3.66. The van der Waals surface area contributed by atoms with Crippen molar-refractivity contribution >= 4 is 32.9 Å². The van der Waals surface area contributed by atoms with Crippen LogP contribution in [0.25, 0.3) is 0 Å². The molecule has 0 radical (unpaired) electrons. The molecule has 0 aliphatic heterocycles. The molecule has 1 atom stereocenters. The number of unbranched alkanes of at least 4 members (excludes halogenated alkanes) is 1. The number of anilines is 1. The van der Waals surface area contributed by atoms with Crippen LogP contribution in [-0.4, -0.2) is 29.7 Å². The highest BCUT2D eigenvalue weighted by molar-refractivity contribution is 7.92. The summed E-state index contributed by atoms with van der Waals surface area (Å²) < 4.78 is 29.7. The molecule has 132 valence electrons. The summed E-state index contributed by atoms with van der Waals surface area (Å²) in [5.74, 6) is -0.148. The van der Waals surface area contributed by atoms with E-state index >= 15 is 0 Å². The topological polar surface area (TPSA) is 102 Å². The first kappa shape index (κ1) is 18.6. The molecular formula is C15H21N3O4S2. The molecule has 0 fully saturated rings. The Bertz CT molecular complexity index is 795. The van der Waals surface area contributed by atoms with Crippen molar-refractivity contribution in [1.82, 2.24) is 10.1 Å². The molecule has 1 unspecified atom stereocenters. The lowest BCUT2D eigenvalue weighted by atomic mass is 10.3. The molecule has 0 saturated carbocycles. The number of hydrogen-bond donors (Lipinski definition) is 1. The number of carbonyl (C=O) groups excluding carboxylic acids is 1. The van der Waals surface area contributed by atoms with E-state index in [9.17, 15) is 13.2 Å². The van der Waals surface area contributed by atoms with Gasteiger partial charge in [-0.3, -0.25) is 4.79 Å². The average Bonchev–Trinajstić information content (AvgIpc) is 3.13. The van der Waals surface area contributed by atoms with Crippen LogP contribution in [0, 0.1) is 6.92 Å². The van der Waals surface area contributed by atoms with E-state index in [4.69, 9.17) is 4.52 Å². The molecule has 0 aliphatic rings. The van der Waals surface area contributed by atoms with Crippen molar-refractivity contribution in [3.8, 4) is 0 Å². The molecule has 9 heteroatoms. The highest BCUT2D eigenvalue weighted by Crippen LogP contribution is 2.18. The number of amides is 1. The summed E-state index contributed by atoms with van der Waals surface area (Å²) in [6, 6.07) is 1.53. The summed E-state index contributed by atoms with van der Waals surface area (Å²) in [6.45, 7) is 5.14. The Balaban J connectivity index is 2.00. The second kappa shape index (κ2) is 7.89. The number of nitrogens with one attached hydrogen (secondary N) is 1. The largest absolute Gasteiger partial charge is 0.360 e. The van der Waals surface area contributed by atoms with Crippen molar-refractivity contribution in [3.63, 3.8) is 0 Å². The van der Waals surface area contributed by atoms with Crippen molar-refractivity contribution in [2.24, 2.45) is 0 Å². The van der Waals surface area contributed by atoms with Crippen LogP contribution in [0.15, 0.2) is 16.0 Å². The van der Waals surface area contributed by atoms with Gasteiger partial charge >= 0.3 is 0 Å². The first-order chi connectivity index (χ1) is 11.3. The molecule has 2 aromatic heterocycles. The van der Waals surface area contributed by atoms with E-state index in [2.05, 4.69) is 22.4 Å². The fourth-order valence-electron chi connectivity index (χ4n) is 2.01. The number of hydrogen-bond acceptors (Lipinski definition) is 7. The smallest absolute Gasteiger partial charge is 0.243 e. The second-order valence-corrected chi connectivity index (χ2v) is 8.86. The molecule has 1 amide bonds.